The number of anilines is 2. The highest BCUT2D eigenvalue weighted by molar-refractivity contribution is 5.95. The Morgan fingerprint density at radius 1 is 1.29 bits per heavy atom. The molecule has 1 amide bonds. The fourth-order valence-corrected chi connectivity index (χ4v) is 2.87. The molecule has 2 fully saturated rings. The molecular formula is C14H16N6O. The number of carbonyl (C=O) groups is 1. The Hall–Kier alpha value is -2.44. The van der Waals surface area contributed by atoms with E-state index in [4.69, 9.17) is 0 Å². The Kier molecular flexibility index (Phi) is 2.83. The lowest BCUT2D eigenvalue weighted by Gasteiger charge is -2.39. The first-order valence-corrected chi connectivity index (χ1v) is 7.17. The number of hydrogen-bond acceptors (Lipinski definition) is 5. The van der Waals surface area contributed by atoms with Crippen LogP contribution >= 0.6 is 0 Å². The lowest BCUT2D eigenvalue weighted by molar-refractivity contribution is -0.117. The van der Waals surface area contributed by atoms with Crippen molar-refractivity contribution in [2.24, 2.45) is 0 Å². The SMILES string of the molecule is O=C1CCCN1c1cnn(C2CN(c3ccncn3)C2)c1. The van der Waals surface area contributed by atoms with Crippen LogP contribution in [-0.2, 0) is 4.79 Å². The van der Waals surface area contributed by atoms with Crippen molar-refractivity contribution < 1.29 is 4.79 Å². The summed E-state index contributed by atoms with van der Waals surface area (Å²) in [7, 11) is 0. The van der Waals surface area contributed by atoms with Gasteiger partial charge in [0.2, 0.25) is 5.91 Å². The molecule has 108 valence electrons. The van der Waals surface area contributed by atoms with Crippen molar-refractivity contribution in [2.45, 2.75) is 18.9 Å². The van der Waals surface area contributed by atoms with Gasteiger partial charge >= 0.3 is 0 Å². The second kappa shape index (κ2) is 4.83. The maximum atomic E-state index is 11.7. The standard InChI is InChI=1S/C14H16N6O/c21-14-2-1-5-19(14)11-6-17-20(9-11)12-7-18(8-12)13-3-4-15-10-16-13/h3-4,6,9-10,12H,1-2,5,7-8H2. The maximum Gasteiger partial charge on any atom is 0.227 e. The predicted molar refractivity (Wildman–Crippen MR) is 77.1 cm³/mol. The van der Waals surface area contributed by atoms with Gasteiger partial charge in [-0.15, -0.1) is 0 Å². The largest absolute Gasteiger partial charge is 0.352 e. The molecule has 2 saturated heterocycles. The number of hydrogen-bond donors (Lipinski definition) is 0. The normalized spacial score (nSPS) is 19.1. The molecule has 4 heterocycles. The molecule has 7 heteroatoms. The monoisotopic (exact) mass is 284 g/mol. The van der Waals surface area contributed by atoms with Crippen LogP contribution in [0.2, 0.25) is 0 Å². The lowest BCUT2D eigenvalue weighted by Crippen LogP contribution is -2.48. The third-order valence-corrected chi connectivity index (χ3v) is 4.10. The number of aromatic nitrogens is 4. The summed E-state index contributed by atoms with van der Waals surface area (Å²) in [5.41, 5.74) is 0.915. The second-order valence-corrected chi connectivity index (χ2v) is 5.45. The van der Waals surface area contributed by atoms with Gasteiger partial charge in [-0.1, -0.05) is 0 Å². The Morgan fingerprint density at radius 3 is 2.90 bits per heavy atom. The van der Waals surface area contributed by atoms with Crippen LogP contribution in [-0.4, -0.2) is 45.3 Å². The quantitative estimate of drug-likeness (QED) is 0.836. The van der Waals surface area contributed by atoms with E-state index in [0.717, 1.165) is 37.6 Å². The summed E-state index contributed by atoms with van der Waals surface area (Å²) < 4.78 is 1.96. The van der Waals surface area contributed by atoms with Gasteiger partial charge < -0.3 is 9.80 Å². The van der Waals surface area contributed by atoms with Gasteiger partial charge in [-0.2, -0.15) is 5.10 Å². The maximum absolute atomic E-state index is 11.7. The number of carbonyl (C=O) groups excluding carboxylic acids is 1. The van der Waals surface area contributed by atoms with Crippen LogP contribution < -0.4 is 9.80 Å². The summed E-state index contributed by atoms with van der Waals surface area (Å²) >= 11 is 0. The third kappa shape index (κ3) is 2.14. The zero-order valence-electron chi connectivity index (χ0n) is 11.6. The van der Waals surface area contributed by atoms with E-state index in [-0.39, 0.29) is 5.91 Å². The average Bonchev–Trinajstić information content (AvgIpc) is 3.07. The minimum atomic E-state index is 0.200. The molecule has 0 radical (unpaired) electrons. The smallest absolute Gasteiger partial charge is 0.227 e. The van der Waals surface area contributed by atoms with E-state index in [2.05, 4.69) is 20.0 Å². The molecule has 0 aromatic carbocycles. The first-order valence-electron chi connectivity index (χ1n) is 7.17. The van der Waals surface area contributed by atoms with Crippen LogP contribution in [0.4, 0.5) is 11.5 Å². The van der Waals surface area contributed by atoms with Gasteiger partial charge in [0, 0.05) is 38.4 Å². The van der Waals surface area contributed by atoms with Crippen LogP contribution in [0.15, 0.2) is 31.0 Å². The summed E-state index contributed by atoms with van der Waals surface area (Å²) in [5.74, 6) is 1.15. The van der Waals surface area contributed by atoms with E-state index < -0.39 is 0 Å². The molecule has 2 aromatic rings. The first-order chi connectivity index (χ1) is 10.3. The predicted octanol–water partition coefficient (Wildman–Crippen LogP) is 0.861. The number of rotatable bonds is 3. The Morgan fingerprint density at radius 2 is 2.19 bits per heavy atom. The van der Waals surface area contributed by atoms with Crippen molar-refractivity contribution in [1.82, 2.24) is 19.7 Å². The Balaban J connectivity index is 1.43. The molecule has 0 N–H and O–H groups in total. The second-order valence-electron chi connectivity index (χ2n) is 5.45. The summed E-state index contributed by atoms with van der Waals surface area (Å²) in [6, 6.07) is 2.25. The highest BCUT2D eigenvalue weighted by atomic mass is 16.2. The fourth-order valence-electron chi connectivity index (χ4n) is 2.87. The summed E-state index contributed by atoms with van der Waals surface area (Å²) in [4.78, 5) is 23.9. The molecule has 2 aliphatic rings. The fraction of sp³-hybridized carbons (Fsp3) is 0.429. The van der Waals surface area contributed by atoms with Crippen LogP contribution in [0.1, 0.15) is 18.9 Å². The summed E-state index contributed by atoms with van der Waals surface area (Å²) in [6.45, 7) is 2.57. The molecule has 0 unspecified atom stereocenters. The zero-order valence-corrected chi connectivity index (χ0v) is 11.6. The molecule has 4 rings (SSSR count). The molecule has 2 aliphatic heterocycles. The molecule has 0 aliphatic carbocycles. The molecule has 0 atom stereocenters. The van der Waals surface area contributed by atoms with Gasteiger partial charge in [0.25, 0.3) is 0 Å². The molecule has 0 saturated carbocycles. The number of nitrogens with zero attached hydrogens (tertiary/aromatic N) is 6. The molecule has 21 heavy (non-hydrogen) atoms. The van der Waals surface area contributed by atoms with E-state index in [1.807, 2.05) is 21.8 Å². The van der Waals surface area contributed by atoms with E-state index in [1.165, 1.54) is 0 Å². The molecular weight excluding hydrogens is 268 g/mol. The van der Waals surface area contributed by atoms with E-state index >= 15 is 0 Å². The van der Waals surface area contributed by atoms with Crippen molar-refractivity contribution in [3.63, 3.8) is 0 Å². The van der Waals surface area contributed by atoms with E-state index in [0.29, 0.717) is 12.5 Å². The van der Waals surface area contributed by atoms with Crippen molar-refractivity contribution in [1.29, 1.82) is 0 Å². The lowest BCUT2D eigenvalue weighted by atomic mass is 10.1. The van der Waals surface area contributed by atoms with Gasteiger partial charge in [0.15, 0.2) is 0 Å². The minimum Gasteiger partial charge on any atom is -0.352 e. The Labute approximate surface area is 122 Å². The highest BCUT2D eigenvalue weighted by Gasteiger charge is 2.31. The third-order valence-electron chi connectivity index (χ3n) is 4.10. The summed E-state index contributed by atoms with van der Waals surface area (Å²) in [5, 5.41) is 4.41. The van der Waals surface area contributed by atoms with Crippen LogP contribution in [0.3, 0.4) is 0 Å². The van der Waals surface area contributed by atoms with Crippen LogP contribution in [0.25, 0.3) is 0 Å². The van der Waals surface area contributed by atoms with Gasteiger partial charge in [0.05, 0.1) is 17.9 Å². The molecule has 7 nitrogen and oxygen atoms in total. The molecule has 0 bridgehead atoms. The van der Waals surface area contributed by atoms with Gasteiger partial charge in [-0.25, -0.2) is 9.97 Å². The Bertz CT molecular complexity index is 648. The van der Waals surface area contributed by atoms with Gasteiger partial charge in [0.1, 0.15) is 12.1 Å². The van der Waals surface area contributed by atoms with Crippen molar-refractivity contribution in [3.05, 3.63) is 31.0 Å². The number of amides is 1. The van der Waals surface area contributed by atoms with Crippen LogP contribution in [0.5, 0.6) is 0 Å². The van der Waals surface area contributed by atoms with Gasteiger partial charge in [-0.05, 0) is 12.5 Å². The first kappa shape index (κ1) is 12.3. The van der Waals surface area contributed by atoms with Crippen molar-refractivity contribution in [3.8, 4) is 0 Å². The molecule has 0 spiro atoms. The van der Waals surface area contributed by atoms with E-state index in [1.54, 1.807) is 18.7 Å². The topological polar surface area (TPSA) is 67.2 Å². The summed E-state index contributed by atoms with van der Waals surface area (Å²) in [6.07, 6.45) is 8.67. The molecule has 2 aromatic heterocycles. The van der Waals surface area contributed by atoms with Crippen molar-refractivity contribution >= 4 is 17.4 Å². The highest BCUT2D eigenvalue weighted by Crippen LogP contribution is 2.28. The van der Waals surface area contributed by atoms with Crippen molar-refractivity contribution in [2.75, 3.05) is 29.4 Å². The average molecular weight is 284 g/mol. The minimum absolute atomic E-state index is 0.200. The van der Waals surface area contributed by atoms with E-state index in [9.17, 15) is 4.79 Å². The van der Waals surface area contributed by atoms with Crippen LogP contribution in [0, 0.1) is 0 Å². The zero-order chi connectivity index (χ0) is 14.2. The van der Waals surface area contributed by atoms with Gasteiger partial charge in [-0.3, -0.25) is 9.48 Å².